The molecule has 0 radical (unpaired) electrons. The SMILES string of the molecule is CCOc1ncccc1CNC(=NC)NC1CCN(c2c(F)cccc2F)C1.I. The number of para-hydroxylation sites is 1. The third-order valence-electron chi connectivity index (χ3n) is 4.58. The van der Waals surface area contributed by atoms with E-state index >= 15 is 0 Å². The van der Waals surface area contributed by atoms with E-state index in [0.717, 1.165) is 12.0 Å². The fourth-order valence-electron chi connectivity index (χ4n) is 3.26. The number of benzene rings is 1. The summed E-state index contributed by atoms with van der Waals surface area (Å²) >= 11 is 0. The Kier molecular flexibility index (Phi) is 8.87. The summed E-state index contributed by atoms with van der Waals surface area (Å²) in [6.07, 6.45) is 2.45. The smallest absolute Gasteiger partial charge is 0.218 e. The van der Waals surface area contributed by atoms with Crippen LogP contribution in [0.4, 0.5) is 14.5 Å². The first-order chi connectivity index (χ1) is 13.6. The average molecular weight is 517 g/mol. The van der Waals surface area contributed by atoms with Crippen LogP contribution in [0.2, 0.25) is 0 Å². The molecule has 0 saturated carbocycles. The second kappa shape index (κ2) is 11.1. The van der Waals surface area contributed by atoms with Crippen LogP contribution < -0.4 is 20.3 Å². The van der Waals surface area contributed by atoms with Crippen LogP contribution >= 0.6 is 24.0 Å². The zero-order valence-electron chi connectivity index (χ0n) is 16.5. The minimum Gasteiger partial charge on any atom is -0.478 e. The molecule has 0 bridgehead atoms. The maximum Gasteiger partial charge on any atom is 0.218 e. The lowest BCUT2D eigenvalue weighted by Crippen LogP contribution is -2.44. The number of anilines is 1. The quantitative estimate of drug-likeness (QED) is 0.350. The van der Waals surface area contributed by atoms with Gasteiger partial charge in [-0.15, -0.1) is 24.0 Å². The standard InChI is InChI=1S/C20H25F2N5O.HI/c1-3-28-19-14(6-5-10-24-19)12-25-20(23-2)26-15-9-11-27(13-15)18-16(21)7-4-8-17(18)22;/h4-8,10,15H,3,9,11-13H2,1-2H3,(H2,23,25,26);1H. The molecule has 29 heavy (non-hydrogen) atoms. The van der Waals surface area contributed by atoms with Crippen LogP contribution in [-0.4, -0.2) is 43.7 Å². The van der Waals surface area contributed by atoms with Crippen LogP contribution in [0.3, 0.4) is 0 Å². The number of rotatable bonds is 6. The van der Waals surface area contributed by atoms with Crippen molar-refractivity contribution in [3.05, 3.63) is 53.7 Å². The molecule has 2 heterocycles. The number of nitrogens with zero attached hydrogens (tertiary/aromatic N) is 3. The predicted molar refractivity (Wildman–Crippen MR) is 121 cm³/mol. The van der Waals surface area contributed by atoms with E-state index in [1.165, 1.54) is 18.2 Å². The molecular weight excluding hydrogens is 491 g/mol. The third-order valence-corrected chi connectivity index (χ3v) is 4.58. The van der Waals surface area contributed by atoms with Gasteiger partial charge in [0.25, 0.3) is 0 Å². The Hall–Kier alpha value is -2.17. The Bertz CT molecular complexity index is 816. The molecular formula is C20H26F2IN5O. The molecule has 1 aliphatic heterocycles. The Morgan fingerprint density at radius 2 is 2.03 bits per heavy atom. The highest BCUT2D eigenvalue weighted by Gasteiger charge is 2.27. The Labute approximate surface area is 186 Å². The van der Waals surface area contributed by atoms with Gasteiger partial charge in [-0.25, -0.2) is 13.8 Å². The highest BCUT2D eigenvalue weighted by Crippen LogP contribution is 2.26. The molecule has 158 valence electrons. The van der Waals surface area contributed by atoms with E-state index in [1.807, 2.05) is 19.1 Å². The predicted octanol–water partition coefficient (Wildman–Crippen LogP) is 3.32. The number of aromatic nitrogens is 1. The normalized spacial score (nSPS) is 16.3. The first kappa shape index (κ1) is 23.1. The Balaban J connectivity index is 0.00000300. The van der Waals surface area contributed by atoms with Crippen LogP contribution in [0.1, 0.15) is 18.9 Å². The van der Waals surface area contributed by atoms with Crippen molar-refractivity contribution in [1.29, 1.82) is 0 Å². The molecule has 1 aromatic heterocycles. The molecule has 1 atom stereocenters. The monoisotopic (exact) mass is 517 g/mol. The van der Waals surface area contributed by atoms with E-state index in [4.69, 9.17) is 4.74 Å². The van der Waals surface area contributed by atoms with Crippen molar-refractivity contribution in [3.63, 3.8) is 0 Å². The van der Waals surface area contributed by atoms with E-state index in [-0.39, 0.29) is 35.7 Å². The molecule has 1 aromatic carbocycles. The average Bonchev–Trinajstić information content (AvgIpc) is 3.14. The van der Waals surface area contributed by atoms with E-state index < -0.39 is 11.6 Å². The van der Waals surface area contributed by atoms with Gasteiger partial charge in [-0.3, -0.25) is 4.99 Å². The third kappa shape index (κ3) is 5.91. The second-order valence-electron chi connectivity index (χ2n) is 6.47. The maximum absolute atomic E-state index is 14.0. The Morgan fingerprint density at radius 1 is 1.28 bits per heavy atom. The molecule has 0 aliphatic carbocycles. The van der Waals surface area contributed by atoms with Crippen molar-refractivity contribution >= 4 is 35.6 Å². The first-order valence-electron chi connectivity index (χ1n) is 9.35. The summed E-state index contributed by atoms with van der Waals surface area (Å²) in [7, 11) is 1.69. The number of pyridine rings is 1. The Morgan fingerprint density at radius 3 is 2.72 bits per heavy atom. The number of ether oxygens (including phenoxy) is 1. The van der Waals surface area contributed by atoms with Crippen molar-refractivity contribution in [2.24, 2.45) is 4.99 Å². The zero-order valence-corrected chi connectivity index (χ0v) is 18.8. The lowest BCUT2D eigenvalue weighted by atomic mass is 10.2. The molecule has 2 aromatic rings. The number of hydrogen-bond donors (Lipinski definition) is 2. The van der Waals surface area contributed by atoms with Gasteiger partial charge in [-0.1, -0.05) is 12.1 Å². The fraction of sp³-hybridized carbons (Fsp3) is 0.400. The van der Waals surface area contributed by atoms with Crippen molar-refractivity contribution in [1.82, 2.24) is 15.6 Å². The van der Waals surface area contributed by atoms with Gasteiger partial charge in [0.15, 0.2) is 5.96 Å². The number of guanidine groups is 1. The van der Waals surface area contributed by atoms with E-state index in [1.54, 1.807) is 18.1 Å². The molecule has 2 N–H and O–H groups in total. The van der Waals surface area contributed by atoms with Crippen LogP contribution in [0, 0.1) is 11.6 Å². The molecule has 1 aliphatic rings. The summed E-state index contributed by atoms with van der Waals surface area (Å²) in [6.45, 7) is 4.03. The minimum atomic E-state index is -0.539. The van der Waals surface area contributed by atoms with Crippen LogP contribution in [0.5, 0.6) is 5.88 Å². The van der Waals surface area contributed by atoms with Crippen LogP contribution in [0.15, 0.2) is 41.5 Å². The van der Waals surface area contributed by atoms with Crippen LogP contribution in [0.25, 0.3) is 0 Å². The van der Waals surface area contributed by atoms with Crippen molar-refractivity contribution in [2.45, 2.75) is 25.9 Å². The van der Waals surface area contributed by atoms with Crippen molar-refractivity contribution in [2.75, 3.05) is 31.6 Å². The van der Waals surface area contributed by atoms with Gasteiger partial charge in [0, 0.05) is 44.5 Å². The summed E-state index contributed by atoms with van der Waals surface area (Å²) in [5, 5.41) is 6.56. The van der Waals surface area contributed by atoms with Crippen molar-refractivity contribution in [3.8, 4) is 5.88 Å². The maximum atomic E-state index is 14.0. The first-order valence-corrected chi connectivity index (χ1v) is 9.35. The highest BCUT2D eigenvalue weighted by atomic mass is 127. The minimum absolute atomic E-state index is 0. The van der Waals surface area contributed by atoms with E-state index in [0.29, 0.717) is 38.1 Å². The summed E-state index contributed by atoms with van der Waals surface area (Å²) in [5.74, 6) is 0.133. The summed E-state index contributed by atoms with van der Waals surface area (Å²) in [6, 6.07) is 7.77. The van der Waals surface area contributed by atoms with Gasteiger partial charge >= 0.3 is 0 Å². The molecule has 1 unspecified atom stereocenters. The van der Waals surface area contributed by atoms with Gasteiger partial charge in [0.05, 0.1) is 6.61 Å². The van der Waals surface area contributed by atoms with E-state index in [2.05, 4.69) is 20.6 Å². The van der Waals surface area contributed by atoms with Crippen LogP contribution in [-0.2, 0) is 6.54 Å². The lowest BCUT2D eigenvalue weighted by molar-refractivity contribution is 0.322. The van der Waals surface area contributed by atoms with Gasteiger partial charge < -0.3 is 20.3 Å². The van der Waals surface area contributed by atoms with Crippen molar-refractivity contribution < 1.29 is 13.5 Å². The lowest BCUT2D eigenvalue weighted by Gasteiger charge is -2.21. The molecule has 6 nitrogen and oxygen atoms in total. The summed E-state index contributed by atoms with van der Waals surface area (Å²) < 4.78 is 33.6. The molecule has 0 spiro atoms. The number of hydrogen-bond acceptors (Lipinski definition) is 4. The topological polar surface area (TPSA) is 61.8 Å². The van der Waals surface area contributed by atoms with Gasteiger partial charge in [-0.2, -0.15) is 0 Å². The second-order valence-corrected chi connectivity index (χ2v) is 6.47. The van der Waals surface area contributed by atoms with Gasteiger partial charge in [0.2, 0.25) is 5.88 Å². The number of halogens is 3. The molecule has 3 rings (SSSR count). The largest absolute Gasteiger partial charge is 0.478 e. The zero-order chi connectivity index (χ0) is 19.9. The molecule has 0 amide bonds. The van der Waals surface area contributed by atoms with Gasteiger partial charge in [0.1, 0.15) is 17.3 Å². The summed E-state index contributed by atoms with van der Waals surface area (Å²) in [5.41, 5.74) is 0.959. The van der Waals surface area contributed by atoms with E-state index in [9.17, 15) is 8.78 Å². The molecule has 9 heteroatoms. The fourth-order valence-corrected chi connectivity index (χ4v) is 3.26. The highest BCUT2D eigenvalue weighted by molar-refractivity contribution is 14.0. The molecule has 1 fully saturated rings. The molecule has 1 saturated heterocycles. The van der Waals surface area contributed by atoms with Gasteiger partial charge in [-0.05, 0) is 31.5 Å². The number of nitrogens with one attached hydrogen (secondary N) is 2. The summed E-state index contributed by atoms with van der Waals surface area (Å²) in [4.78, 5) is 10.2. The number of aliphatic imine (C=N–C) groups is 1.